The Kier molecular flexibility index (Phi) is 5.96. The summed E-state index contributed by atoms with van der Waals surface area (Å²) < 4.78 is 10.8. The quantitative estimate of drug-likeness (QED) is 0.801. The van der Waals surface area contributed by atoms with Crippen LogP contribution in [0.4, 0.5) is 4.79 Å². The lowest BCUT2D eigenvalue weighted by atomic mass is 10.0. The second kappa shape index (κ2) is 8.58. The summed E-state index contributed by atoms with van der Waals surface area (Å²) in [5.41, 5.74) is 2.23. The fourth-order valence-corrected chi connectivity index (χ4v) is 2.83. The van der Waals surface area contributed by atoms with E-state index in [9.17, 15) is 4.79 Å². The third-order valence-corrected chi connectivity index (χ3v) is 4.43. The van der Waals surface area contributed by atoms with E-state index in [2.05, 4.69) is 15.5 Å². The molecule has 1 aliphatic heterocycles. The number of rotatable bonds is 7. The van der Waals surface area contributed by atoms with Crippen LogP contribution in [0.3, 0.4) is 0 Å². The molecule has 0 aromatic heterocycles. The molecular formula is C20H25N3O3. The molecule has 0 unspecified atom stereocenters. The number of benzene rings is 2. The Morgan fingerprint density at radius 3 is 2.58 bits per heavy atom. The van der Waals surface area contributed by atoms with E-state index in [1.807, 2.05) is 62.6 Å². The summed E-state index contributed by atoms with van der Waals surface area (Å²) >= 11 is 0. The SMILES string of the molecule is CN(C)[C@H](CNC(=O)NCc1ccccc1)Cc1ccc2c(c1)OCO2. The Morgan fingerprint density at radius 1 is 1.04 bits per heavy atom. The number of hydrogen-bond donors (Lipinski definition) is 2. The van der Waals surface area contributed by atoms with E-state index in [4.69, 9.17) is 9.47 Å². The lowest BCUT2D eigenvalue weighted by molar-refractivity contribution is 0.174. The molecule has 0 radical (unpaired) electrons. The van der Waals surface area contributed by atoms with Crippen LogP contribution in [0, 0.1) is 0 Å². The number of carbonyl (C=O) groups is 1. The van der Waals surface area contributed by atoms with E-state index in [0.717, 1.165) is 29.0 Å². The predicted octanol–water partition coefficient (Wildman–Crippen LogP) is 2.39. The van der Waals surface area contributed by atoms with Gasteiger partial charge < -0.3 is 25.0 Å². The highest BCUT2D eigenvalue weighted by atomic mass is 16.7. The topological polar surface area (TPSA) is 62.8 Å². The molecule has 0 saturated carbocycles. The first-order valence-corrected chi connectivity index (χ1v) is 8.72. The molecule has 26 heavy (non-hydrogen) atoms. The maximum atomic E-state index is 12.1. The van der Waals surface area contributed by atoms with Crippen molar-refractivity contribution in [3.05, 3.63) is 59.7 Å². The molecule has 138 valence electrons. The number of fused-ring (bicyclic) bond motifs is 1. The first kappa shape index (κ1) is 18.1. The summed E-state index contributed by atoms with van der Waals surface area (Å²) in [6.07, 6.45) is 0.808. The van der Waals surface area contributed by atoms with Crippen LogP contribution in [0.5, 0.6) is 11.5 Å². The van der Waals surface area contributed by atoms with Crippen molar-refractivity contribution >= 4 is 6.03 Å². The molecule has 2 aromatic rings. The summed E-state index contributed by atoms with van der Waals surface area (Å²) in [5, 5.41) is 5.85. The van der Waals surface area contributed by atoms with Gasteiger partial charge in [0.1, 0.15) is 0 Å². The van der Waals surface area contributed by atoms with Crippen LogP contribution >= 0.6 is 0 Å². The van der Waals surface area contributed by atoms with Crippen LogP contribution in [0.15, 0.2) is 48.5 Å². The van der Waals surface area contributed by atoms with Gasteiger partial charge in [0, 0.05) is 19.1 Å². The predicted molar refractivity (Wildman–Crippen MR) is 100 cm³/mol. The average molecular weight is 355 g/mol. The van der Waals surface area contributed by atoms with Crippen molar-refractivity contribution in [3.63, 3.8) is 0 Å². The van der Waals surface area contributed by atoms with E-state index < -0.39 is 0 Å². The minimum Gasteiger partial charge on any atom is -0.454 e. The largest absolute Gasteiger partial charge is 0.454 e. The van der Waals surface area contributed by atoms with Crippen molar-refractivity contribution in [2.24, 2.45) is 0 Å². The molecule has 2 amide bonds. The zero-order valence-electron chi connectivity index (χ0n) is 15.2. The summed E-state index contributed by atoms with van der Waals surface area (Å²) in [6.45, 7) is 1.35. The van der Waals surface area contributed by atoms with Crippen LogP contribution in [-0.4, -0.2) is 44.4 Å². The maximum absolute atomic E-state index is 12.1. The van der Waals surface area contributed by atoms with Crippen LogP contribution in [0.2, 0.25) is 0 Å². The highest BCUT2D eigenvalue weighted by Crippen LogP contribution is 2.32. The van der Waals surface area contributed by atoms with Gasteiger partial charge in [-0.15, -0.1) is 0 Å². The third kappa shape index (κ3) is 4.89. The first-order valence-electron chi connectivity index (χ1n) is 8.72. The number of amides is 2. The van der Waals surface area contributed by atoms with Gasteiger partial charge in [0.2, 0.25) is 6.79 Å². The molecule has 0 aliphatic carbocycles. The normalized spacial score (nSPS) is 13.5. The van der Waals surface area contributed by atoms with Crippen molar-refractivity contribution in [1.29, 1.82) is 0 Å². The molecule has 1 aliphatic rings. The molecule has 0 fully saturated rings. The Hall–Kier alpha value is -2.73. The van der Waals surface area contributed by atoms with Gasteiger partial charge in [0.05, 0.1) is 0 Å². The highest BCUT2D eigenvalue weighted by molar-refractivity contribution is 5.73. The van der Waals surface area contributed by atoms with Gasteiger partial charge in [-0.3, -0.25) is 0 Å². The number of carbonyl (C=O) groups excluding carboxylic acids is 1. The van der Waals surface area contributed by atoms with Crippen molar-refractivity contribution < 1.29 is 14.3 Å². The number of nitrogens with zero attached hydrogens (tertiary/aromatic N) is 1. The summed E-state index contributed by atoms with van der Waals surface area (Å²) in [6, 6.07) is 15.9. The summed E-state index contributed by atoms with van der Waals surface area (Å²) in [7, 11) is 4.03. The van der Waals surface area contributed by atoms with Gasteiger partial charge in [-0.2, -0.15) is 0 Å². The van der Waals surface area contributed by atoms with Crippen LogP contribution in [0.25, 0.3) is 0 Å². The van der Waals surface area contributed by atoms with Gasteiger partial charge in [-0.25, -0.2) is 4.79 Å². The third-order valence-electron chi connectivity index (χ3n) is 4.43. The molecule has 1 atom stereocenters. The molecule has 0 bridgehead atoms. The Labute approximate surface area is 154 Å². The lowest BCUT2D eigenvalue weighted by Crippen LogP contribution is -2.44. The number of hydrogen-bond acceptors (Lipinski definition) is 4. The fraction of sp³-hybridized carbons (Fsp3) is 0.350. The van der Waals surface area contributed by atoms with Crippen LogP contribution < -0.4 is 20.1 Å². The number of urea groups is 1. The van der Waals surface area contributed by atoms with E-state index in [1.54, 1.807) is 0 Å². The van der Waals surface area contributed by atoms with Gasteiger partial charge >= 0.3 is 6.03 Å². The summed E-state index contributed by atoms with van der Waals surface area (Å²) in [5.74, 6) is 1.57. The molecule has 2 aromatic carbocycles. The molecule has 0 spiro atoms. The Morgan fingerprint density at radius 2 is 1.81 bits per heavy atom. The molecule has 6 nitrogen and oxygen atoms in total. The maximum Gasteiger partial charge on any atom is 0.315 e. The zero-order valence-corrected chi connectivity index (χ0v) is 15.2. The molecular weight excluding hydrogens is 330 g/mol. The standard InChI is InChI=1S/C20H25N3O3/c1-23(2)17(10-16-8-9-18-19(11-16)26-14-25-18)13-22-20(24)21-12-15-6-4-3-5-7-15/h3-9,11,17H,10,12-14H2,1-2H3,(H2,21,22,24)/t17-/m0/s1. The van der Waals surface area contributed by atoms with Gasteiger partial charge in [0.25, 0.3) is 0 Å². The van der Waals surface area contributed by atoms with E-state index >= 15 is 0 Å². The Bertz CT molecular complexity index is 734. The van der Waals surface area contributed by atoms with Crippen LogP contribution in [0.1, 0.15) is 11.1 Å². The van der Waals surface area contributed by atoms with Gasteiger partial charge in [0.15, 0.2) is 11.5 Å². The molecule has 0 saturated heterocycles. The lowest BCUT2D eigenvalue weighted by Gasteiger charge is -2.25. The van der Waals surface area contributed by atoms with Crippen LogP contribution in [-0.2, 0) is 13.0 Å². The second-order valence-electron chi connectivity index (χ2n) is 6.56. The number of ether oxygens (including phenoxy) is 2. The molecule has 3 rings (SSSR count). The minimum atomic E-state index is -0.161. The molecule has 2 N–H and O–H groups in total. The van der Waals surface area contributed by atoms with Crippen molar-refractivity contribution in [2.75, 3.05) is 27.4 Å². The van der Waals surface area contributed by atoms with Gasteiger partial charge in [-0.05, 0) is 43.8 Å². The number of nitrogens with one attached hydrogen (secondary N) is 2. The highest BCUT2D eigenvalue weighted by Gasteiger charge is 2.17. The van der Waals surface area contributed by atoms with Crippen molar-refractivity contribution in [1.82, 2.24) is 15.5 Å². The zero-order chi connectivity index (χ0) is 18.4. The minimum absolute atomic E-state index is 0.161. The van der Waals surface area contributed by atoms with Crippen molar-refractivity contribution in [2.45, 2.75) is 19.0 Å². The molecule has 6 heteroatoms. The first-order chi connectivity index (χ1) is 12.6. The van der Waals surface area contributed by atoms with Crippen molar-refractivity contribution in [3.8, 4) is 11.5 Å². The van der Waals surface area contributed by atoms with E-state index in [1.165, 1.54) is 0 Å². The monoisotopic (exact) mass is 355 g/mol. The summed E-state index contributed by atoms with van der Waals surface area (Å²) in [4.78, 5) is 14.2. The average Bonchev–Trinajstić information content (AvgIpc) is 3.11. The number of likely N-dealkylation sites (N-methyl/N-ethyl adjacent to an activating group) is 1. The second-order valence-corrected chi connectivity index (χ2v) is 6.56. The fourth-order valence-electron chi connectivity index (χ4n) is 2.83. The molecule has 1 heterocycles. The van der Waals surface area contributed by atoms with Gasteiger partial charge in [-0.1, -0.05) is 36.4 Å². The van der Waals surface area contributed by atoms with E-state index in [-0.39, 0.29) is 18.9 Å². The Balaban J connectivity index is 1.49. The van der Waals surface area contributed by atoms with E-state index in [0.29, 0.717) is 13.1 Å². The smallest absolute Gasteiger partial charge is 0.315 e.